The zero-order chi connectivity index (χ0) is 33.3. The van der Waals surface area contributed by atoms with E-state index in [4.69, 9.17) is 27.9 Å². The van der Waals surface area contributed by atoms with Gasteiger partial charge < -0.3 is 9.84 Å². The Bertz CT molecular complexity index is 1820. The summed E-state index contributed by atoms with van der Waals surface area (Å²) in [5.41, 5.74) is -1.05. The van der Waals surface area contributed by atoms with Crippen LogP contribution in [0.5, 0.6) is 0 Å². The first-order chi connectivity index (χ1) is 20.8. The Labute approximate surface area is 266 Å². The van der Waals surface area contributed by atoms with E-state index in [1.807, 2.05) is 0 Å². The average Bonchev–Trinajstić information content (AvgIpc) is 3.47. The van der Waals surface area contributed by atoms with Crippen molar-refractivity contribution >= 4 is 33.2 Å². The standard InChI is InChI=1S/C27H30Cl2F3N7O5S/c1-26(2,3)44-15-19(36-45(4,42)43)24-33-22(34-39(24)20-8-6-5-7-18(20)29)14-38-25(41)37(13-21(40)27(30,31)32)23(35-38)16-9-11-17(28)12-10-16/h5-12,19,21,36,40H,13-15H2,1-4H3. The SMILES string of the molecule is CC(C)(C)OCC(NS(C)(=O)=O)c1nc(Cn2nc(-c3ccc(Cl)cc3)n(CC(O)C(F)(F)F)c2=O)nn1-c1ccccc1Cl. The highest BCUT2D eigenvalue weighted by atomic mass is 35.5. The number of para-hydroxylation sites is 1. The van der Waals surface area contributed by atoms with Crippen LogP contribution in [0.1, 0.15) is 38.5 Å². The van der Waals surface area contributed by atoms with Crippen molar-refractivity contribution in [3.05, 3.63) is 80.7 Å². The lowest BCUT2D eigenvalue weighted by molar-refractivity contribution is -0.207. The van der Waals surface area contributed by atoms with E-state index in [2.05, 4.69) is 19.9 Å². The molecule has 0 aliphatic heterocycles. The molecule has 2 aromatic heterocycles. The molecule has 0 bridgehead atoms. The van der Waals surface area contributed by atoms with E-state index in [9.17, 15) is 31.5 Å². The second-order valence-electron chi connectivity index (χ2n) is 11.1. The highest BCUT2D eigenvalue weighted by Gasteiger charge is 2.39. The van der Waals surface area contributed by atoms with Gasteiger partial charge >= 0.3 is 11.9 Å². The fraction of sp³-hybridized carbons (Fsp3) is 0.407. The number of aromatic nitrogens is 6. The molecular weight excluding hydrogens is 662 g/mol. The largest absolute Gasteiger partial charge is 0.416 e. The van der Waals surface area contributed by atoms with Crippen molar-refractivity contribution in [2.45, 2.75) is 57.8 Å². The second-order valence-corrected chi connectivity index (χ2v) is 13.7. The van der Waals surface area contributed by atoms with Crippen LogP contribution < -0.4 is 10.4 Å². The molecule has 0 saturated heterocycles. The predicted octanol–water partition coefficient (Wildman–Crippen LogP) is 3.98. The van der Waals surface area contributed by atoms with Crippen LogP contribution in [0.2, 0.25) is 10.0 Å². The monoisotopic (exact) mass is 691 g/mol. The van der Waals surface area contributed by atoms with Gasteiger partial charge in [0.05, 0.1) is 35.7 Å². The molecule has 0 amide bonds. The summed E-state index contributed by atoms with van der Waals surface area (Å²) in [7, 11) is -3.80. The van der Waals surface area contributed by atoms with E-state index in [0.29, 0.717) is 15.3 Å². The van der Waals surface area contributed by atoms with Gasteiger partial charge in [-0.15, -0.1) is 10.2 Å². The molecule has 18 heteroatoms. The molecule has 45 heavy (non-hydrogen) atoms. The third kappa shape index (κ3) is 8.92. The molecule has 12 nitrogen and oxygen atoms in total. The molecule has 2 aromatic carbocycles. The summed E-state index contributed by atoms with van der Waals surface area (Å²) < 4.78 is 75.7. The van der Waals surface area contributed by atoms with Gasteiger partial charge in [0.2, 0.25) is 10.0 Å². The molecule has 0 radical (unpaired) electrons. The lowest BCUT2D eigenvalue weighted by Crippen LogP contribution is -2.37. The van der Waals surface area contributed by atoms with Gasteiger partial charge in [-0.25, -0.2) is 32.3 Å². The summed E-state index contributed by atoms with van der Waals surface area (Å²) in [6.07, 6.45) is -6.89. The first kappa shape index (κ1) is 34.6. The first-order valence-corrected chi connectivity index (χ1v) is 16.0. The number of halogens is 5. The highest BCUT2D eigenvalue weighted by molar-refractivity contribution is 7.88. The fourth-order valence-electron chi connectivity index (χ4n) is 4.15. The van der Waals surface area contributed by atoms with Crippen LogP contribution in [0.3, 0.4) is 0 Å². The fourth-order valence-corrected chi connectivity index (χ4v) is 5.18. The summed E-state index contributed by atoms with van der Waals surface area (Å²) in [5, 5.41) is 19.1. The molecule has 2 unspecified atom stereocenters. The Morgan fingerprint density at radius 3 is 2.27 bits per heavy atom. The third-order valence-electron chi connectivity index (χ3n) is 6.16. The van der Waals surface area contributed by atoms with E-state index in [-0.39, 0.29) is 34.7 Å². The van der Waals surface area contributed by atoms with Crippen LogP contribution in [-0.2, 0) is 27.8 Å². The number of alkyl halides is 3. The third-order valence-corrected chi connectivity index (χ3v) is 7.44. The van der Waals surface area contributed by atoms with E-state index >= 15 is 0 Å². The Morgan fingerprint density at radius 1 is 1.04 bits per heavy atom. The topological polar surface area (TPSA) is 146 Å². The molecule has 0 saturated carbocycles. The van der Waals surface area contributed by atoms with Gasteiger partial charge in [-0.1, -0.05) is 35.3 Å². The minimum Gasteiger partial charge on any atom is -0.382 e. The lowest BCUT2D eigenvalue weighted by Gasteiger charge is -2.24. The molecule has 2 atom stereocenters. The summed E-state index contributed by atoms with van der Waals surface area (Å²) in [4.78, 5) is 17.9. The molecule has 244 valence electrons. The highest BCUT2D eigenvalue weighted by Crippen LogP contribution is 2.26. The van der Waals surface area contributed by atoms with Crippen molar-refractivity contribution in [3.8, 4) is 17.1 Å². The molecule has 0 fully saturated rings. The number of benzene rings is 2. The zero-order valence-electron chi connectivity index (χ0n) is 24.5. The minimum absolute atomic E-state index is 0.0493. The summed E-state index contributed by atoms with van der Waals surface area (Å²) >= 11 is 12.4. The van der Waals surface area contributed by atoms with Crippen molar-refractivity contribution in [1.82, 2.24) is 33.8 Å². The normalized spacial score (nSPS) is 14.1. The number of aliphatic hydroxyl groups excluding tert-OH is 1. The Morgan fingerprint density at radius 2 is 1.69 bits per heavy atom. The van der Waals surface area contributed by atoms with Gasteiger partial charge in [-0.3, -0.25) is 4.57 Å². The lowest BCUT2D eigenvalue weighted by atomic mass is 10.2. The first-order valence-electron chi connectivity index (χ1n) is 13.3. The van der Waals surface area contributed by atoms with Crippen LogP contribution in [0.25, 0.3) is 17.1 Å². The molecule has 0 spiro atoms. The van der Waals surface area contributed by atoms with Crippen molar-refractivity contribution in [3.63, 3.8) is 0 Å². The summed E-state index contributed by atoms with van der Waals surface area (Å²) in [5.74, 6) is -0.154. The van der Waals surface area contributed by atoms with Crippen molar-refractivity contribution in [2.24, 2.45) is 0 Å². The van der Waals surface area contributed by atoms with Gasteiger partial charge in [0, 0.05) is 10.6 Å². The van der Waals surface area contributed by atoms with E-state index in [0.717, 1.165) is 10.9 Å². The van der Waals surface area contributed by atoms with E-state index in [1.54, 1.807) is 45.0 Å². The minimum atomic E-state index is -5.00. The molecule has 0 aliphatic rings. The zero-order valence-corrected chi connectivity index (χ0v) is 26.8. The maximum absolute atomic E-state index is 13.4. The molecular formula is C27H30Cl2F3N7O5S. The number of aliphatic hydroxyl groups is 1. The summed E-state index contributed by atoms with van der Waals surface area (Å²) in [6, 6.07) is 11.3. The van der Waals surface area contributed by atoms with Crippen molar-refractivity contribution < 1.29 is 31.4 Å². The number of ether oxygens (including phenoxy) is 1. The Hall–Kier alpha value is -3.28. The van der Waals surface area contributed by atoms with Crippen molar-refractivity contribution in [1.29, 1.82) is 0 Å². The maximum Gasteiger partial charge on any atom is 0.416 e. The number of sulfonamides is 1. The molecule has 2 N–H and O–H groups in total. The van der Waals surface area contributed by atoms with Crippen LogP contribution in [0.4, 0.5) is 13.2 Å². The molecule has 2 heterocycles. The number of hydrogen-bond acceptors (Lipinski definition) is 8. The predicted molar refractivity (Wildman–Crippen MR) is 161 cm³/mol. The van der Waals surface area contributed by atoms with Crippen LogP contribution in [-0.4, -0.2) is 73.4 Å². The Balaban J connectivity index is 1.84. The number of nitrogens with one attached hydrogen (secondary N) is 1. The smallest absolute Gasteiger partial charge is 0.382 e. The van der Waals surface area contributed by atoms with E-state index in [1.165, 1.54) is 28.9 Å². The van der Waals surface area contributed by atoms with Crippen LogP contribution in [0.15, 0.2) is 53.3 Å². The average molecular weight is 693 g/mol. The summed E-state index contributed by atoms with van der Waals surface area (Å²) in [6.45, 7) is 3.62. The molecule has 4 rings (SSSR count). The number of rotatable bonds is 11. The molecule has 4 aromatic rings. The van der Waals surface area contributed by atoms with Gasteiger partial charge in [0.1, 0.15) is 12.6 Å². The Kier molecular flexibility index (Phi) is 10.2. The quantitative estimate of drug-likeness (QED) is 0.240. The molecule has 0 aliphatic carbocycles. The van der Waals surface area contributed by atoms with Crippen LogP contribution >= 0.6 is 23.2 Å². The van der Waals surface area contributed by atoms with Gasteiger partial charge in [0.25, 0.3) is 0 Å². The van der Waals surface area contributed by atoms with Gasteiger partial charge in [-0.05, 0) is 57.2 Å². The maximum atomic E-state index is 13.4. The van der Waals surface area contributed by atoms with Gasteiger partial charge in [-0.2, -0.15) is 13.2 Å². The van der Waals surface area contributed by atoms with E-state index < -0.39 is 52.7 Å². The van der Waals surface area contributed by atoms with Crippen molar-refractivity contribution in [2.75, 3.05) is 12.9 Å². The number of nitrogens with zero attached hydrogens (tertiary/aromatic N) is 6. The van der Waals surface area contributed by atoms with Gasteiger partial charge in [0.15, 0.2) is 23.6 Å². The van der Waals surface area contributed by atoms with Crippen LogP contribution in [0, 0.1) is 0 Å². The second kappa shape index (κ2) is 13.2. The number of hydrogen-bond donors (Lipinski definition) is 2.